The fourth-order valence-electron chi connectivity index (χ4n) is 3.45. The number of nitrogens with one attached hydrogen (secondary N) is 1. The van der Waals surface area contributed by atoms with Gasteiger partial charge in [-0.1, -0.05) is 43.8 Å². The van der Waals surface area contributed by atoms with E-state index in [1.165, 1.54) is 17.3 Å². The number of aromatic nitrogens is 2. The van der Waals surface area contributed by atoms with Gasteiger partial charge in [0.05, 0.1) is 17.5 Å². The fraction of sp³-hybridized carbons (Fsp3) is 0.450. The normalized spacial score (nSPS) is 15.8. The third-order valence-corrected chi connectivity index (χ3v) is 5.77. The maximum absolute atomic E-state index is 12.4. The Hall–Kier alpha value is -2.26. The maximum atomic E-state index is 12.4. The number of rotatable bonds is 6. The van der Waals surface area contributed by atoms with E-state index < -0.39 is 5.54 Å². The summed E-state index contributed by atoms with van der Waals surface area (Å²) in [6.45, 7) is 4.33. The number of benzene rings is 1. The SMILES string of the molecule is CC(C)c1ccccc1-n1ccnc1SCC(=O)NC1(C#N)CCCC1. The minimum atomic E-state index is -0.669. The molecule has 0 unspecified atom stereocenters. The first-order valence-electron chi connectivity index (χ1n) is 9.02. The van der Waals surface area contributed by atoms with Crippen molar-refractivity contribution < 1.29 is 4.79 Å². The van der Waals surface area contributed by atoms with Crippen molar-refractivity contribution >= 4 is 17.7 Å². The molecule has 26 heavy (non-hydrogen) atoms. The smallest absolute Gasteiger partial charge is 0.231 e. The second-order valence-electron chi connectivity index (χ2n) is 7.03. The van der Waals surface area contributed by atoms with E-state index in [1.807, 2.05) is 22.9 Å². The van der Waals surface area contributed by atoms with Gasteiger partial charge in [0, 0.05) is 12.4 Å². The van der Waals surface area contributed by atoms with E-state index in [-0.39, 0.29) is 11.7 Å². The Bertz CT molecular complexity index is 815. The molecule has 5 nitrogen and oxygen atoms in total. The van der Waals surface area contributed by atoms with E-state index in [1.54, 1.807) is 6.20 Å². The van der Waals surface area contributed by atoms with E-state index >= 15 is 0 Å². The zero-order valence-corrected chi connectivity index (χ0v) is 16.1. The van der Waals surface area contributed by atoms with Gasteiger partial charge in [-0.15, -0.1) is 0 Å². The Morgan fingerprint density at radius 1 is 1.38 bits per heavy atom. The van der Waals surface area contributed by atoms with Crippen LogP contribution in [-0.4, -0.2) is 26.8 Å². The molecule has 0 bridgehead atoms. The van der Waals surface area contributed by atoms with Crippen LogP contribution < -0.4 is 5.32 Å². The zero-order valence-electron chi connectivity index (χ0n) is 15.2. The molecule has 0 spiro atoms. The van der Waals surface area contributed by atoms with Gasteiger partial charge in [0.1, 0.15) is 5.54 Å². The molecule has 0 aliphatic heterocycles. The highest BCUT2D eigenvalue weighted by molar-refractivity contribution is 7.99. The summed E-state index contributed by atoms with van der Waals surface area (Å²) in [6, 6.07) is 10.5. The van der Waals surface area contributed by atoms with E-state index in [9.17, 15) is 10.1 Å². The second-order valence-corrected chi connectivity index (χ2v) is 7.97. The maximum Gasteiger partial charge on any atom is 0.231 e. The number of imidazole rings is 1. The molecular formula is C20H24N4OS. The van der Waals surface area contributed by atoms with Crippen LogP contribution in [0.15, 0.2) is 41.8 Å². The van der Waals surface area contributed by atoms with E-state index in [4.69, 9.17) is 0 Å². The number of amides is 1. The van der Waals surface area contributed by atoms with Crippen LogP contribution >= 0.6 is 11.8 Å². The minimum Gasteiger partial charge on any atom is -0.337 e. The predicted molar refractivity (Wildman–Crippen MR) is 103 cm³/mol. The number of hydrogen-bond donors (Lipinski definition) is 1. The van der Waals surface area contributed by atoms with Crippen molar-refractivity contribution in [2.45, 2.75) is 56.1 Å². The second kappa shape index (κ2) is 7.96. The lowest BCUT2D eigenvalue weighted by Gasteiger charge is -2.21. The van der Waals surface area contributed by atoms with Crippen LogP contribution in [-0.2, 0) is 4.79 Å². The molecule has 136 valence electrons. The number of nitriles is 1. The molecule has 6 heteroatoms. The van der Waals surface area contributed by atoms with E-state index in [0.717, 1.165) is 36.5 Å². The number of hydrogen-bond acceptors (Lipinski definition) is 4. The molecule has 1 N–H and O–H groups in total. The molecule has 3 rings (SSSR count). The van der Waals surface area contributed by atoms with Crippen LogP contribution in [0.3, 0.4) is 0 Å². The van der Waals surface area contributed by atoms with E-state index in [0.29, 0.717) is 5.92 Å². The molecule has 1 fully saturated rings. The number of nitrogens with zero attached hydrogens (tertiary/aromatic N) is 3. The summed E-state index contributed by atoms with van der Waals surface area (Å²) in [5, 5.41) is 13.1. The standard InChI is InChI=1S/C20H24N4OS/c1-15(2)16-7-3-4-8-17(16)24-12-11-22-19(24)26-13-18(25)23-20(14-21)9-5-6-10-20/h3-4,7-8,11-12,15H,5-6,9-10,13H2,1-2H3,(H,23,25). The van der Waals surface area contributed by atoms with Crippen LogP contribution in [0.2, 0.25) is 0 Å². The molecule has 1 aliphatic carbocycles. The summed E-state index contributed by atoms with van der Waals surface area (Å²) >= 11 is 1.40. The third kappa shape index (κ3) is 3.94. The number of para-hydroxylation sites is 1. The van der Waals surface area contributed by atoms with Crippen molar-refractivity contribution in [2.75, 3.05) is 5.75 Å². The van der Waals surface area contributed by atoms with Crippen LogP contribution in [0.1, 0.15) is 51.0 Å². The van der Waals surface area contributed by atoms with Gasteiger partial charge in [0.15, 0.2) is 5.16 Å². The molecule has 0 radical (unpaired) electrons. The van der Waals surface area contributed by atoms with Gasteiger partial charge < -0.3 is 5.32 Å². The van der Waals surface area contributed by atoms with Crippen LogP contribution in [0.25, 0.3) is 5.69 Å². The largest absolute Gasteiger partial charge is 0.337 e. The Balaban J connectivity index is 1.70. The average molecular weight is 369 g/mol. The highest BCUT2D eigenvalue weighted by Gasteiger charge is 2.35. The molecule has 1 aliphatic rings. The summed E-state index contributed by atoms with van der Waals surface area (Å²) in [7, 11) is 0. The Labute approximate surface area is 158 Å². The molecule has 1 aromatic heterocycles. The van der Waals surface area contributed by atoms with Crippen molar-refractivity contribution in [1.29, 1.82) is 5.26 Å². The van der Waals surface area contributed by atoms with Crippen LogP contribution in [0.5, 0.6) is 0 Å². The molecule has 0 saturated heterocycles. The van der Waals surface area contributed by atoms with Gasteiger partial charge >= 0.3 is 0 Å². The first-order valence-corrected chi connectivity index (χ1v) is 10.0. The molecule has 0 atom stereocenters. The Morgan fingerprint density at radius 2 is 2.12 bits per heavy atom. The average Bonchev–Trinajstić information content (AvgIpc) is 3.29. The fourth-order valence-corrected chi connectivity index (χ4v) is 4.22. The number of thioether (sulfide) groups is 1. The number of carbonyl (C=O) groups is 1. The summed E-state index contributed by atoms with van der Waals surface area (Å²) in [4.78, 5) is 16.8. The van der Waals surface area contributed by atoms with Crippen molar-refractivity contribution in [2.24, 2.45) is 0 Å². The highest BCUT2D eigenvalue weighted by Crippen LogP contribution is 2.30. The summed E-state index contributed by atoms with van der Waals surface area (Å²) in [6.07, 6.45) is 7.17. The first kappa shape index (κ1) is 18.5. The monoisotopic (exact) mass is 368 g/mol. The van der Waals surface area contributed by atoms with E-state index in [2.05, 4.69) is 42.4 Å². The first-order chi connectivity index (χ1) is 12.5. The Kier molecular flexibility index (Phi) is 5.67. The van der Waals surface area contributed by atoms with Crippen molar-refractivity contribution in [3.05, 3.63) is 42.2 Å². The molecule has 1 saturated carbocycles. The quantitative estimate of drug-likeness (QED) is 0.781. The summed E-state index contributed by atoms with van der Waals surface area (Å²) in [5.74, 6) is 0.544. The van der Waals surface area contributed by atoms with Gasteiger partial charge in [0.25, 0.3) is 0 Å². The van der Waals surface area contributed by atoms with Gasteiger partial charge in [0.2, 0.25) is 5.91 Å². The molecule has 1 heterocycles. The van der Waals surface area contributed by atoms with Crippen molar-refractivity contribution in [3.8, 4) is 11.8 Å². The summed E-state index contributed by atoms with van der Waals surface area (Å²) < 4.78 is 2.03. The lowest BCUT2D eigenvalue weighted by Crippen LogP contribution is -2.45. The van der Waals surface area contributed by atoms with Crippen molar-refractivity contribution in [1.82, 2.24) is 14.9 Å². The van der Waals surface area contributed by atoms with Gasteiger partial charge in [-0.05, 0) is 43.2 Å². The third-order valence-electron chi connectivity index (χ3n) is 4.81. The molecule has 1 aromatic carbocycles. The minimum absolute atomic E-state index is 0.106. The van der Waals surface area contributed by atoms with Crippen molar-refractivity contribution in [3.63, 3.8) is 0 Å². The Morgan fingerprint density at radius 3 is 2.81 bits per heavy atom. The molecule has 1 amide bonds. The van der Waals surface area contributed by atoms with Gasteiger partial charge in [-0.25, -0.2) is 4.98 Å². The molecule has 2 aromatic rings. The van der Waals surface area contributed by atoms with Crippen LogP contribution in [0, 0.1) is 11.3 Å². The highest BCUT2D eigenvalue weighted by atomic mass is 32.2. The molecular weight excluding hydrogens is 344 g/mol. The zero-order chi connectivity index (χ0) is 18.6. The lowest BCUT2D eigenvalue weighted by atomic mass is 10.0. The number of carbonyl (C=O) groups excluding carboxylic acids is 1. The predicted octanol–water partition coefficient (Wildman–Crippen LogP) is 4.04. The van der Waals surface area contributed by atoms with Crippen LogP contribution in [0.4, 0.5) is 0 Å². The van der Waals surface area contributed by atoms with Gasteiger partial charge in [-0.3, -0.25) is 9.36 Å². The summed E-state index contributed by atoms with van der Waals surface area (Å²) in [5.41, 5.74) is 1.66. The lowest BCUT2D eigenvalue weighted by molar-refractivity contribution is -0.119. The van der Waals surface area contributed by atoms with Gasteiger partial charge in [-0.2, -0.15) is 5.26 Å². The topological polar surface area (TPSA) is 70.7 Å².